The molecule has 1 aliphatic rings. The van der Waals surface area contributed by atoms with Gasteiger partial charge in [-0.2, -0.15) is 11.8 Å². The molecule has 0 aliphatic carbocycles. The molecule has 0 N–H and O–H groups in total. The number of rotatable bonds is 31. The standard InChI is InChI=1S/C15H23N5O5.C13H16N2O8S2.C10H12N6O8.C3H5NO3S/c1-4-8-18-10-16-13-12(18)14(21)19(15(22)17(13)3)9-6-5-7-11(2)25-20(23)24;1-2-21-13(16)11-5-3-4-6-12(11)25-24-8-7-10(23-15(19)20)9-22-14(17)18;1-12-8-7(9(17)13(2)10(12)18)14(5-11-8)3-6(24-16(21)22)4-23-15(19)20;5-4(6)7-1-3-2-8-3/h10-11H,4-9H2,1-3H3;3-6,10H,2,7-9H2,1H3;5-6H,3-4H2,1-2H3;3H,1-2H2. The first-order chi connectivity index (χ1) is 38.8. The Morgan fingerprint density at radius 1 is 0.695 bits per heavy atom. The molecule has 1 fully saturated rings. The van der Waals surface area contributed by atoms with Crippen molar-refractivity contribution in [1.29, 1.82) is 0 Å². The number of fused-ring (bicyclic) bond motifs is 2. The van der Waals surface area contributed by atoms with Gasteiger partial charge in [0.25, 0.3) is 41.6 Å². The van der Waals surface area contributed by atoms with Crippen molar-refractivity contribution in [1.82, 2.24) is 37.4 Å². The number of unbranched alkanes of at least 4 members (excludes halogenated alkanes) is 1. The molecule has 1 aromatic carbocycles. The van der Waals surface area contributed by atoms with Gasteiger partial charge in [-0.05, 0) is 58.1 Å². The molecule has 0 spiro atoms. The molecule has 5 aromatic rings. The predicted molar refractivity (Wildman–Crippen MR) is 285 cm³/mol. The summed E-state index contributed by atoms with van der Waals surface area (Å²) in [6.07, 6.45) is 2.48. The predicted octanol–water partition coefficient (Wildman–Crippen LogP) is 2.38. The summed E-state index contributed by atoms with van der Waals surface area (Å²) in [5.74, 6) is 0.968. The molecular weight excluding hydrogens is 1170 g/mol. The maximum Gasteiger partial charge on any atom is 0.339 e. The van der Waals surface area contributed by atoms with E-state index in [2.05, 4.69) is 39.0 Å². The molecule has 4 atom stereocenters. The van der Waals surface area contributed by atoms with Crippen LogP contribution in [0.4, 0.5) is 0 Å². The van der Waals surface area contributed by atoms with Gasteiger partial charge in [0, 0.05) is 55.9 Å². The van der Waals surface area contributed by atoms with Gasteiger partial charge in [-0.25, -0.2) is 24.4 Å². The van der Waals surface area contributed by atoms with Gasteiger partial charge in [0.1, 0.15) is 38.1 Å². The topological polar surface area (TPSA) is 464 Å². The lowest BCUT2D eigenvalue weighted by atomic mass is 10.2. The first kappa shape index (κ1) is 67.5. The molecule has 4 unspecified atom stereocenters. The second kappa shape index (κ2) is 33.7. The lowest BCUT2D eigenvalue weighted by molar-refractivity contribution is -0.790. The van der Waals surface area contributed by atoms with Crippen LogP contribution in [-0.4, -0.2) is 135 Å². The number of thioether (sulfide) groups is 1. The Morgan fingerprint density at radius 2 is 1.24 bits per heavy atom. The highest BCUT2D eigenvalue weighted by Crippen LogP contribution is 2.34. The SMILES string of the molecule is CCCn1cnc2c1c(=O)n(CCCCC(C)O[N+](=O)[O-])c(=O)n2C.CCOC(=O)c1ccccc1SSCCC(CO[N+](=O)[O-])O[N+](=O)[O-].Cn1c(=O)c2c(ncn2CC(CO[N+](=O)[O-])O[N+](=O)[O-])n(C)c1=O.O=[N+]([O-])OCC1CS1. The van der Waals surface area contributed by atoms with Crippen LogP contribution in [0.1, 0.15) is 63.2 Å². The maximum atomic E-state index is 12.7. The van der Waals surface area contributed by atoms with Crippen LogP contribution in [0.3, 0.4) is 0 Å². The summed E-state index contributed by atoms with van der Waals surface area (Å²) in [5.41, 5.74) is -0.713. The van der Waals surface area contributed by atoms with Crippen molar-refractivity contribution in [2.45, 2.75) is 101 Å². The molecular formula is C41H56N14O24S3. The Hall–Kier alpha value is -8.76. The van der Waals surface area contributed by atoms with Crippen LogP contribution in [0.15, 0.2) is 61.0 Å². The molecule has 1 aliphatic heterocycles. The second-order valence-electron chi connectivity index (χ2n) is 16.6. The summed E-state index contributed by atoms with van der Waals surface area (Å²) in [5, 5.41) is 55.6. The first-order valence-corrected chi connectivity index (χ1v) is 27.4. The van der Waals surface area contributed by atoms with Crippen molar-refractivity contribution in [3.63, 3.8) is 0 Å². The minimum absolute atomic E-state index is 0.00217. The van der Waals surface area contributed by atoms with E-state index >= 15 is 0 Å². The number of aromatic nitrogens is 8. The smallest absolute Gasteiger partial charge is 0.339 e. The quantitative estimate of drug-likeness (QED) is 0.0153. The number of carbonyl (C=O) groups excluding carboxylic acids is 1. The molecule has 0 bridgehead atoms. The monoisotopic (exact) mass is 1220 g/mol. The first-order valence-electron chi connectivity index (χ1n) is 24.0. The zero-order chi connectivity index (χ0) is 61.2. The van der Waals surface area contributed by atoms with Crippen LogP contribution in [0, 0.1) is 60.7 Å². The third-order valence-electron chi connectivity index (χ3n) is 10.7. The Balaban J connectivity index is 0.000000301. The summed E-state index contributed by atoms with van der Waals surface area (Å²) in [7, 11) is 6.89. The molecule has 6 rings (SSSR count). The number of ether oxygens (including phenoxy) is 1. The van der Waals surface area contributed by atoms with Gasteiger partial charge in [-0.15, -0.1) is 60.7 Å². The molecule has 4 aromatic heterocycles. The van der Waals surface area contributed by atoms with Gasteiger partial charge in [-0.3, -0.25) is 27.9 Å². The number of esters is 1. The van der Waals surface area contributed by atoms with Gasteiger partial charge >= 0.3 is 17.3 Å². The normalized spacial score (nSPS) is 13.2. The van der Waals surface area contributed by atoms with E-state index in [9.17, 15) is 84.7 Å². The zero-order valence-electron chi connectivity index (χ0n) is 44.5. The van der Waals surface area contributed by atoms with Crippen LogP contribution in [0.25, 0.3) is 22.3 Å². The Labute approximate surface area is 471 Å². The average Bonchev–Trinajstić information content (AvgIpc) is 4.08. The molecule has 0 radical (unpaired) electrons. The van der Waals surface area contributed by atoms with Crippen LogP contribution >= 0.6 is 33.3 Å². The van der Waals surface area contributed by atoms with Gasteiger partial charge in [-0.1, -0.05) is 40.6 Å². The fourth-order valence-corrected chi connectivity index (χ4v) is 9.60. The summed E-state index contributed by atoms with van der Waals surface area (Å²) in [6.45, 7) is 5.19. The van der Waals surface area contributed by atoms with Gasteiger partial charge in [0.2, 0.25) is 0 Å². The third kappa shape index (κ3) is 22.1. The van der Waals surface area contributed by atoms with Crippen molar-refractivity contribution in [2.75, 3.05) is 37.9 Å². The van der Waals surface area contributed by atoms with Gasteiger partial charge in [0.15, 0.2) is 22.3 Å². The fraction of sp³-hybridized carbons (Fsp3) is 0.585. The van der Waals surface area contributed by atoms with E-state index in [-0.39, 0.29) is 49.4 Å². The summed E-state index contributed by atoms with van der Waals surface area (Å²) in [4.78, 5) is 156. The number of hydrogen-bond donors (Lipinski definition) is 0. The maximum absolute atomic E-state index is 12.7. The molecule has 0 saturated carbocycles. The van der Waals surface area contributed by atoms with Crippen LogP contribution < -0.4 is 22.5 Å². The van der Waals surface area contributed by atoms with Gasteiger partial charge < -0.3 is 42.9 Å². The second-order valence-corrected chi connectivity index (χ2v) is 20.4. The Bertz CT molecular complexity index is 3250. The molecule has 452 valence electrons. The number of aryl methyl sites for hydroxylation is 3. The zero-order valence-corrected chi connectivity index (χ0v) is 46.9. The van der Waals surface area contributed by atoms with E-state index in [0.29, 0.717) is 58.4 Å². The summed E-state index contributed by atoms with van der Waals surface area (Å²) >= 11 is 1.68. The molecule has 0 amide bonds. The van der Waals surface area contributed by atoms with Crippen LogP contribution in [0.2, 0.25) is 0 Å². The van der Waals surface area contributed by atoms with Gasteiger partial charge in [0.05, 0.1) is 31.4 Å². The Kier molecular flexibility index (Phi) is 27.8. The number of nitrogens with zero attached hydrogens (tertiary/aromatic N) is 14. The number of imidazole rings is 2. The van der Waals surface area contributed by atoms with Crippen molar-refractivity contribution < 1.29 is 69.1 Å². The van der Waals surface area contributed by atoms with E-state index in [0.717, 1.165) is 21.3 Å². The molecule has 1 saturated heterocycles. The van der Waals surface area contributed by atoms with Crippen molar-refractivity contribution in [2.24, 2.45) is 21.1 Å². The van der Waals surface area contributed by atoms with Crippen molar-refractivity contribution in [3.8, 4) is 0 Å². The molecule has 38 nitrogen and oxygen atoms in total. The minimum Gasteiger partial charge on any atom is -0.462 e. The number of carbonyl (C=O) groups is 1. The number of hydrogen-bond acceptors (Lipinski definition) is 29. The summed E-state index contributed by atoms with van der Waals surface area (Å²) in [6, 6.07) is 6.89. The molecule has 82 heavy (non-hydrogen) atoms. The molecule has 5 heterocycles. The minimum atomic E-state index is -1.36. The highest BCUT2D eigenvalue weighted by molar-refractivity contribution is 8.76. The highest BCUT2D eigenvalue weighted by atomic mass is 33.1. The lowest BCUT2D eigenvalue weighted by Gasteiger charge is -2.14. The average molecular weight is 1230 g/mol. The number of benzene rings is 1. The summed E-state index contributed by atoms with van der Waals surface area (Å²) < 4.78 is 12.5. The van der Waals surface area contributed by atoms with Crippen molar-refractivity contribution in [3.05, 3.63) is 145 Å². The van der Waals surface area contributed by atoms with E-state index < -0.39 is 85.0 Å². The molecule has 41 heteroatoms. The Morgan fingerprint density at radius 3 is 1.80 bits per heavy atom. The lowest BCUT2D eigenvalue weighted by Crippen LogP contribution is -2.39. The third-order valence-corrected chi connectivity index (χ3v) is 14.1. The van der Waals surface area contributed by atoms with E-state index in [1.165, 1.54) is 55.7 Å². The van der Waals surface area contributed by atoms with E-state index in [1.807, 2.05) is 6.92 Å². The van der Waals surface area contributed by atoms with Crippen molar-refractivity contribution >= 4 is 61.6 Å². The fourth-order valence-electron chi connectivity index (χ4n) is 6.91. The van der Waals surface area contributed by atoms with E-state index in [1.54, 1.807) is 67.8 Å². The van der Waals surface area contributed by atoms with Crippen LogP contribution in [0.5, 0.6) is 0 Å². The largest absolute Gasteiger partial charge is 0.462 e. The van der Waals surface area contributed by atoms with Crippen LogP contribution in [-0.2, 0) is 74.5 Å². The van der Waals surface area contributed by atoms with E-state index in [4.69, 9.17) is 4.74 Å². The highest BCUT2D eigenvalue weighted by Gasteiger charge is 2.24.